The average Bonchev–Trinajstić information content (AvgIpc) is 2.36. The van der Waals surface area contributed by atoms with Crippen LogP contribution in [0.25, 0.3) is 0 Å². The van der Waals surface area contributed by atoms with Gasteiger partial charge in [-0.1, -0.05) is 26.0 Å². The minimum atomic E-state index is 0.370. The molecule has 0 aromatic heterocycles. The van der Waals surface area contributed by atoms with Crippen molar-refractivity contribution in [3.8, 4) is 5.75 Å². The van der Waals surface area contributed by atoms with E-state index in [-0.39, 0.29) is 0 Å². The van der Waals surface area contributed by atoms with Crippen LogP contribution in [0, 0.1) is 0 Å². The first kappa shape index (κ1) is 14.0. The lowest BCUT2D eigenvalue weighted by atomic mass is 10.1. The molecule has 96 valence electrons. The number of rotatable bonds is 7. The van der Waals surface area contributed by atoms with Crippen LogP contribution in [-0.2, 0) is 0 Å². The van der Waals surface area contributed by atoms with Crippen molar-refractivity contribution in [2.75, 3.05) is 6.61 Å². The van der Waals surface area contributed by atoms with E-state index in [1.54, 1.807) is 0 Å². The Morgan fingerprint density at radius 1 is 1.24 bits per heavy atom. The lowest BCUT2D eigenvalue weighted by Crippen LogP contribution is -2.28. The van der Waals surface area contributed by atoms with Crippen molar-refractivity contribution in [2.45, 2.75) is 52.6 Å². The summed E-state index contributed by atoms with van der Waals surface area (Å²) in [6.07, 6.45) is 2.20. The van der Waals surface area contributed by atoms with Crippen LogP contribution in [0.5, 0.6) is 5.75 Å². The summed E-state index contributed by atoms with van der Waals surface area (Å²) in [4.78, 5) is 0. The number of benzene rings is 1. The summed E-state index contributed by atoms with van der Waals surface area (Å²) in [5.41, 5.74) is 1.29. The van der Waals surface area contributed by atoms with E-state index in [1.807, 2.05) is 6.07 Å². The summed E-state index contributed by atoms with van der Waals surface area (Å²) in [5.74, 6) is 0.974. The zero-order valence-electron chi connectivity index (χ0n) is 11.5. The third kappa shape index (κ3) is 4.78. The van der Waals surface area contributed by atoms with Crippen molar-refractivity contribution in [3.05, 3.63) is 29.8 Å². The molecule has 0 saturated heterocycles. The van der Waals surface area contributed by atoms with Crippen molar-refractivity contribution in [3.63, 3.8) is 0 Å². The maximum Gasteiger partial charge on any atom is 0.119 e. The molecule has 0 aliphatic rings. The molecule has 17 heavy (non-hydrogen) atoms. The van der Waals surface area contributed by atoms with E-state index < -0.39 is 0 Å². The number of hydrogen-bond donors (Lipinski definition) is 1. The maximum absolute atomic E-state index is 5.65. The second-order valence-electron chi connectivity index (χ2n) is 4.62. The molecule has 2 atom stereocenters. The molecular formula is C15H25NO. The molecule has 0 unspecified atom stereocenters. The van der Waals surface area contributed by atoms with Gasteiger partial charge in [0, 0.05) is 12.1 Å². The topological polar surface area (TPSA) is 21.3 Å². The van der Waals surface area contributed by atoms with Gasteiger partial charge in [-0.25, -0.2) is 0 Å². The Labute approximate surface area is 105 Å². The van der Waals surface area contributed by atoms with Gasteiger partial charge in [0.15, 0.2) is 0 Å². The zero-order chi connectivity index (χ0) is 12.7. The van der Waals surface area contributed by atoms with Gasteiger partial charge in [0.2, 0.25) is 0 Å². The zero-order valence-corrected chi connectivity index (χ0v) is 11.5. The molecule has 1 N–H and O–H groups in total. The van der Waals surface area contributed by atoms with E-state index >= 15 is 0 Å². The van der Waals surface area contributed by atoms with Gasteiger partial charge in [0.25, 0.3) is 0 Å². The maximum atomic E-state index is 5.65. The highest BCUT2D eigenvalue weighted by Gasteiger charge is 2.08. The fourth-order valence-corrected chi connectivity index (χ4v) is 1.73. The molecule has 0 aliphatic carbocycles. The van der Waals surface area contributed by atoms with Crippen LogP contribution in [0.2, 0.25) is 0 Å². The molecule has 0 heterocycles. The molecule has 0 fully saturated rings. The van der Waals surface area contributed by atoms with Crippen molar-refractivity contribution >= 4 is 0 Å². The van der Waals surface area contributed by atoms with Crippen molar-refractivity contribution in [1.82, 2.24) is 5.32 Å². The van der Waals surface area contributed by atoms with E-state index in [0.717, 1.165) is 25.2 Å². The summed E-state index contributed by atoms with van der Waals surface area (Å²) in [6, 6.07) is 9.29. The summed E-state index contributed by atoms with van der Waals surface area (Å²) in [5, 5.41) is 3.57. The van der Waals surface area contributed by atoms with Crippen molar-refractivity contribution < 1.29 is 4.74 Å². The average molecular weight is 235 g/mol. The van der Waals surface area contributed by atoms with Crippen molar-refractivity contribution in [2.24, 2.45) is 0 Å². The molecule has 0 spiro atoms. The Morgan fingerprint density at radius 3 is 2.65 bits per heavy atom. The summed E-state index contributed by atoms with van der Waals surface area (Å²) in [6.45, 7) is 9.53. The van der Waals surface area contributed by atoms with Gasteiger partial charge in [-0.3, -0.25) is 0 Å². The highest BCUT2D eigenvalue weighted by molar-refractivity contribution is 5.30. The fraction of sp³-hybridized carbons (Fsp3) is 0.600. The minimum Gasteiger partial charge on any atom is -0.494 e. The Morgan fingerprint density at radius 2 is 2.00 bits per heavy atom. The third-order valence-corrected chi connectivity index (χ3v) is 2.98. The van der Waals surface area contributed by atoms with Crippen LogP contribution in [0.1, 0.15) is 52.1 Å². The fourth-order valence-electron chi connectivity index (χ4n) is 1.73. The van der Waals surface area contributed by atoms with E-state index in [1.165, 1.54) is 5.56 Å². The monoisotopic (exact) mass is 235 g/mol. The lowest BCUT2D eigenvalue weighted by Gasteiger charge is -2.19. The second-order valence-corrected chi connectivity index (χ2v) is 4.62. The van der Waals surface area contributed by atoms with Crippen LogP contribution in [0.15, 0.2) is 24.3 Å². The molecule has 2 heteroatoms. The van der Waals surface area contributed by atoms with Gasteiger partial charge < -0.3 is 10.1 Å². The summed E-state index contributed by atoms with van der Waals surface area (Å²) < 4.78 is 5.65. The second kappa shape index (κ2) is 7.33. The van der Waals surface area contributed by atoms with E-state index in [9.17, 15) is 0 Å². The standard InChI is InChI=1S/C15H25NO/c1-5-10-17-15-9-7-8-14(11-15)13(4)16-12(3)6-2/h7-9,11-13,16H,5-6,10H2,1-4H3/t12-,13+/m1/s1. The molecule has 0 bridgehead atoms. The lowest BCUT2D eigenvalue weighted by molar-refractivity contribution is 0.316. The van der Waals surface area contributed by atoms with Crippen LogP contribution >= 0.6 is 0 Å². The quantitative estimate of drug-likeness (QED) is 0.773. The number of hydrogen-bond acceptors (Lipinski definition) is 2. The Hall–Kier alpha value is -1.02. The Kier molecular flexibility index (Phi) is 6.06. The highest BCUT2D eigenvalue weighted by Crippen LogP contribution is 2.19. The first-order valence-corrected chi connectivity index (χ1v) is 6.66. The van der Waals surface area contributed by atoms with E-state index in [0.29, 0.717) is 12.1 Å². The Bertz CT molecular complexity index is 324. The smallest absolute Gasteiger partial charge is 0.119 e. The largest absolute Gasteiger partial charge is 0.494 e. The molecule has 0 aliphatic heterocycles. The number of ether oxygens (including phenoxy) is 1. The number of nitrogens with one attached hydrogen (secondary N) is 1. The van der Waals surface area contributed by atoms with Crippen LogP contribution < -0.4 is 10.1 Å². The van der Waals surface area contributed by atoms with Gasteiger partial charge in [0.05, 0.1) is 6.61 Å². The predicted octanol–water partition coefficient (Wildman–Crippen LogP) is 3.92. The molecule has 0 saturated carbocycles. The first-order valence-electron chi connectivity index (χ1n) is 6.66. The normalized spacial score (nSPS) is 14.4. The summed E-state index contributed by atoms with van der Waals surface area (Å²) in [7, 11) is 0. The molecule has 0 amide bonds. The summed E-state index contributed by atoms with van der Waals surface area (Å²) >= 11 is 0. The molecule has 1 aromatic carbocycles. The molecular weight excluding hydrogens is 210 g/mol. The van der Waals surface area contributed by atoms with Crippen LogP contribution in [0.3, 0.4) is 0 Å². The molecule has 0 radical (unpaired) electrons. The Balaban J connectivity index is 2.63. The predicted molar refractivity (Wildman–Crippen MR) is 73.5 cm³/mol. The molecule has 1 aromatic rings. The van der Waals surface area contributed by atoms with Crippen LogP contribution in [-0.4, -0.2) is 12.6 Å². The van der Waals surface area contributed by atoms with Gasteiger partial charge >= 0.3 is 0 Å². The first-order chi connectivity index (χ1) is 8.17. The van der Waals surface area contributed by atoms with Gasteiger partial charge in [-0.05, 0) is 44.4 Å². The molecule has 2 nitrogen and oxygen atoms in total. The van der Waals surface area contributed by atoms with Gasteiger partial charge in [-0.15, -0.1) is 0 Å². The van der Waals surface area contributed by atoms with Crippen LogP contribution in [0.4, 0.5) is 0 Å². The van der Waals surface area contributed by atoms with E-state index in [4.69, 9.17) is 4.74 Å². The third-order valence-electron chi connectivity index (χ3n) is 2.98. The van der Waals surface area contributed by atoms with Crippen molar-refractivity contribution in [1.29, 1.82) is 0 Å². The van der Waals surface area contributed by atoms with Gasteiger partial charge in [-0.2, -0.15) is 0 Å². The molecule has 1 rings (SSSR count). The van der Waals surface area contributed by atoms with E-state index in [2.05, 4.69) is 51.2 Å². The minimum absolute atomic E-state index is 0.370. The van der Waals surface area contributed by atoms with Gasteiger partial charge in [0.1, 0.15) is 5.75 Å². The highest BCUT2D eigenvalue weighted by atomic mass is 16.5. The SMILES string of the molecule is CCCOc1cccc([C@H](C)N[C@H](C)CC)c1.